The maximum Gasteiger partial charge on any atom is 0.314 e. The number of carbonyl (C=O) groups excluding carboxylic acids is 1. The van der Waals surface area contributed by atoms with Gasteiger partial charge >= 0.3 is 6.43 Å². The van der Waals surface area contributed by atoms with Crippen LogP contribution in [0.3, 0.4) is 0 Å². The molecular weight excluding hydrogens is 781 g/mol. The van der Waals surface area contributed by atoms with Gasteiger partial charge in [-0.3, -0.25) is 4.79 Å². The zero-order valence-corrected chi connectivity index (χ0v) is 31.8. The number of nitrogens with two attached hydrogens (primary N) is 1. The van der Waals surface area contributed by atoms with E-state index in [1.807, 2.05) is 48.5 Å². The summed E-state index contributed by atoms with van der Waals surface area (Å²) in [5, 5.41) is 7.69. The molecule has 0 aliphatic carbocycles. The van der Waals surface area contributed by atoms with E-state index in [2.05, 4.69) is 20.2 Å². The topological polar surface area (TPSA) is 183 Å². The van der Waals surface area contributed by atoms with Crippen molar-refractivity contribution < 1.29 is 34.8 Å². The first-order chi connectivity index (χ1) is 25.7. The molecule has 7 rings (SSSR count). The van der Waals surface area contributed by atoms with Crippen LogP contribution < -0.4 is 14.3 Å². The summed E-state index contributed by atoms with van der Waals surface area (Å²) < 4.78 is 83.6. The van der Waals surface area contributed by atoms with Crippen molar-refractivity contribution in [2.75, 3.05) is 27.7 Å². The van der Waals surface area contributed by atoms with Crippen molar-refractivity contribution in [2.24, 2.45) is 5.73 Å². The predicted octanol–water partition coefficient (Wildman–Crippen LogP) is 6.65. The molecule has 0 spiro atoms. The van der Waals surface area contributed by atoms with Crippen molar-refractivity contribution >= 4 is 79.2 Å². The second-order valence-electron chi connectivity index (χ2n) is 11.7. The Morgan fingerprint density at radius 1 is 0.722 bits per heavy atom. The fourth-order valence-electron chi connectivity index (χ4n) is 5.02. The number of nitrogens with zero attached hydrogens (tertiary/aromatic N) is 6. The molecule has 0 unspecified atom stereocenters. The molecule has 19 heteroatoms. The molecule has 0 aliphatic heterocycles. The molecule has 3 heterocycles. The molecule has 0 amide bonds. The van der Waals surface area contributed by atoms with Gasteiger partial charge in [-0.05, 0) is 47.5 Å². The lowest BCUT2D eigenvalue weighted by atomic mass is 10.1. The van der Waals surface area contributed by atoms with Gasteiger partial charge in [-0.15, -0.1) is 10.2 Å². The average molecular weight is 812 g/mol. The zero-order chi connectivity index (χ0) is 38.6. The molecule has 54 heavy (non-hydrogen) atoms. The van der Waals surface area contributed by atoms with Crippen molar-refractivity contribution in [3.05, 3.63) is 120 Å². The van der Waals surface area contributed by atoms with Crippen LogP contribution >= 0.6 is 22.7 Å². The third-order valence-corrected chi connectivity index (χ3v) is 12.3. The van der Waals surface area contributed by atoms with Gasteiger partial charge < -0.3 is 10.2 Å². The molecule has 0 radical (unpaired) electrons. The number of rotatable bonds is 12. The largest absolute Gasteiger partial charge is 0.415 e. The lowest BCUT2D eigenvalue weighted by Crippen LogP contribution is -2.29. The summed E-state index contributed by atoms with van der Waals surface area (Å²) in [5.74, 6) is -0.932. The van der Waals surface area contributed by atoms with Gasteiger partial charge in [-0.2, -0.15) is 8.78 Å². The molecule has 0 aliphatic rings. The van der Waals surface area contributed by atoms with E-state index in [1.165, 1.54) is 31.3 Å². The van der Waals surface area contributed by atoms with E-state index in [1.54, 1.807) is 48.5 Å². The van der Waals surface area contributed by atoms with Gasteiger partial charge in [-0.1, -0.05) is 83.3 Å². The highest BCUT2D eigenvalue weighted by Crippen LogP contribution is 2.33. The van der Waals surface area contributed by atoms with Gasteiger partial charge in [0.05, 0.1) is 52.6 Å². The van der Waals surface area contributed by atoms with Crippen LogP contribution in [0.25, 0.3) is 31.9 Å². The highest BCUT2D eigenvalue weighted by molar-refractivity contribution is 7.92. The summed E-state index contributed by atoms with van der Waals surface area (Å²) in [5.41, 5.74) is 9.26. The summed E-state index contributed by atoms with van der Waals surface area (Å²) in [7, 11) is -7.08. The van der Waals surface area contributed by atoms with Gasteiger partial charge in [-0.25, -0.2) is 35.4 Å². The Kier molecular flexibility index (Phi) is 11.4. The highest BCUT2D eigenvalue weighted by atomic mass is 32.2. The van der Waals surface area contributed by atoms with Crippen LogP contribution in [0.2, 0.25) is 0 Å². The minimum Gasteiger partial charge on any atom is -0.415 e. The Labute approximate surface area is 316 Å². The maximum absolute atomic E-state index is 12.6. The van der Waals surface area contributed by atoms with E-state index in [0.717, 1.165) is 38.5 Å². The Balaban J connectivity index is 0.000000186. The maximum atomic E-state index is 12.6. The third kappa shape index (κ3) is 9.11. The quantitative estimate of drug-likeness (QED) is 0.130. The summed E-state index contributed by atoms with van der Waals surface area (Å²) in [6, 6.07) is 28.3. The van der Waals surface area contributed by atoms with Gasteiger partial charge in [0.2, 0.25) is 36.2 Å². The Morgan fingerprint density at radius 2 is 1.19 bits per heavy atom. The van der Waals surface area contributed by atoms with Crippen LogP contribution in [-0.4, -0.2) is 61.8 Å². The normalized spacial score (nSPS) is 11.8. The number of Topliss-reactive ketones (excluding diaryl/α,β-unsaturated/α-hetero) is 1. The van der Waals surface area contributed by atoms with E-state index in [9.17, 15) is 30.4 Å². The fourth-order valence-corrected chi connectivity index (χ4v) is 9.22. The van der Waals surface area contributed by atoms with E-state index < -0.39 is 32.4 Å². The van der Waals surface area contributed by atoms with Crippen molar-refractivity contribution in [1.82, 2.24) is 20.2 Å². The molecule has 7 aromatic rings. The SMILES string of the molecule is CS(=O)(=O)N(Cc1ccc(-c2nnc(C(F)F)o2)cc1)c1nc2ccccc2s1.CS(=O)(=O)N(Cc1ccc(C(=O)CN)cc1)c1nc2ccccc2s1. The second-order valence-corrected chi connectivity index (χ2v) is 17.6. The van der Waals surface area contributed by atoms with Crippen LogP contribution in [0, 0.1) is 0 Å². The van der Waals surface area contributed by atoms with Crippen molar-refractivity contribution in [3.8, 4) is 11.5 Å². The average Bonchev–Trinajstić information content (AvgIpc) is 3.91. The molecule has 0 saturated heterocycles. The number of ketones is 1. The number of anilines is 2. The van der Waals surface area contributed by atoms with Crippen molar-refractivity contribution in [2.45, 2.75) is 19.5 Å². The second kappa shape index (κ2) is 16.0. The number of hydrogen-bond donors (Lipinski definition) is 1. The summed E-state index contributed by atoms with van der Waals surface area (Å²) in [4.78, 5) is 20.4. The molecule has 3 aromatic heterocycles. The Hall–Kier alpha value is -5.21. The number of hydrogen-bond acceptors (Lipinski definition) is 13. The Morgan fingerprint density at radius 3 is 1.59 bits per heavy atom. The van der Waals surface area contributed by atoms with E-state index in [4.69, 9.17) is 10.2 Å². The van der Waals surface area contributed by atoms with E-state index in [-0.39, 0.29) is 31.3 Å². The summed E-state index contributed by atoms with van der Waals surface area (Å²) in [6.45, 7) is 0.168. The fraction of sp³-hybridized carbons (Fsp3) is 0.171. The van der Waals surface area contributed by atoms with E-state index in [0.29, 0.717) is 27.0 Å². The predicted molar refractivity (Wildman–Crippen MR) is 206 cm³/mol. The summed E-state index contributed by atoms with van der Waals surface area (Å²) in [6.07, 6.45) is -0.559. The molecule has 280 valence electrons. The van der Waals surface area contributed by atoms with Gasteiger partial charge in [0.15, 0.2) is 5.78 Å². The molecule has 0 atom stereocenters. The molecule has 13 nitrogen and oxygen atoms in total. The number of fused-ring (bicyclic) bond motifs is 2. The smallest absolute Gasteiger partial charge is 0.314 e. The van der Waals surface area contributed by atoms with E-state index >= 15 is 0 Å². The number of thiazole rings is 2. The van der Waals surface area contributed by atoms with Crippen molar-refractivity contribution in [3.63, 3.8) is 0 Å². The van der Waals surface area contributed by atoms with Gasteiger partial charge in [0.1, 0.15) is 0 Å². The first-order valence-corrected chi connectivity index (χ1v) is 21.2. The van der Waals surface area contributed by atoms with Crippen LogP contribution in [-0.2, 0) is 33.1 Å². The lowest BCUT2D eigenvalue weighted by molar-refractivity contribution is 0.100. The minimum atomic E-state index is -3.58. The highest BCUT2D eigenvalue weighted by Gasteiger charge is 2.24. The van der Waals surface area contributed by atoms with Crippen LogP contribution in [0.15, 0.2) is 101 Å². The first-order valence-electron chi connectivity index (χ1n) is 15.9. The van der Waals surface area contributed by atoms with Gasteiger partial charge in [0.25, 0.3) is 5.89 Å². The number of carbonyl (C=O) groups is 1. The molecule has 2 N–H and O–H groups in total. The molecule has 0 saturated carbocycles. The van der Waals surface area contributed by atoms with Gasteiger partial charge in [0, 0.05) is 11.1 Å². The monoisotopic (exact) mass is 811 g/mol. The lowest BCUT2D eigenvalue weighted by Gasteiger charge is -2.19. The molecule has 0 fully saturated rings. The molecule has 4 aromatic carbocycles. The van der Waals surface area contributed by atoms with Crippen LogP contribution in [0.5, 0.6) is 0 Å². The molecular formula is C35H31F2N7O6S4. The standard InChI is InChI=1S/C18H14F2N4O3S2.C17H17N3O3S2/c1-29(25,26)24(18-21-13-4-2-3-5-14(13)28-18)10-11-6-8-12(9-7-11)16-22-23-17(27-16)15(19)20;1-25(22,23)20(17-19-14-4-2-3-5-16(14)24-17)11-12-6-8-13(9-7-12)15(21)10-18/h2-9,15H,10H2,1H3;2-9H,10-11,18H2,1H3. The number of aromatic nitrogens is 4. The van der Waals surface area contributed by atoms with Crippen molar-refractivity contribution in [1.29, 1.82) is 0 Å². The first kappa shape index (κ1) is 38.5. The zero-order valence-electron chi connectivity index (χ0n) is 28.5. The number of halogens is 2. The number of para-hydroxylation sites is 2. The Bertz CT molecular complexity index is 2560. The molecule has 0 bridgehead atoms. The minimum absolute atomic E-state index is 0.0296. The summed E-state index contributed by atoms with van der Waals surface area (Å²) >= 11 is 2.62. The van der Waals surface area contributed by atoms with Crippen LogP contribution in [0.1, 0.15) is 33.8 Å². The number of benzene rings is 4. The van der Waals surface area contributed by atoms with Crippen LogP contribution in [0.4, 0.5) is 19.0 Å². The third-order valence-electron chi connectivity index (χ3n) is 7.73. The number of alkyl halides is 2. The number of sulfonamides is 2.